The van der Waals surface area contributed by atoms with Gasteiger partial charge in [0, 0.05) is 39.0 Å². The van der Waals surface area contributed by atoms with E-state index in [1.165, 1.54) is 0 Å². The van der Waals surface area contributed by atoms with Gasteiger partial charge in [0.15, 0.2) is 0 Å². The van der Waals surface area contributed by atoms with Gasteiger partial charge >= 0.3 is 0 Å². The molecule has 3 rings (SSSR count). The Hall–Kier alpha value is -0.665. The molecule has 0 N–H and O–H groups in total. The molecule has 6 nitrogen and oxygen atoms in total. The van der Waals surface area contributed by atoms with E-state index < -0.39 is 5.24 Å². The lowest BCUT2D eigenvalue weighted by molar-refractivity contribution is -0.0307. The fourth-order valence-electron chi connectivity index (χ4n) is 4.12. The molecule has 0 saturated carbocycles. The standard InChI is InChI=1S/C19H28B3N3O3S/c1-14-10-16(17(27-3)23-12-14)29-24-6-4-18(5-7-24)11-15(13-28-18)25(8-9-26-2)19(20,21)22/h10,12,15H,4-9,11,13H2,1-3H3. The zero-order valence-electron chi connectivity index (χ0n) is 17.6. The normalized spacial score (nSPS) is 22.4. The number of aryl methyl sites for hydroxylation is 1. The van der Waals surface area contributed by atoms with E-state index in [9.17, 15) is 0 Å². The maximum absolute atomic E-state index is 6.29. The molecule has 1 aromatic heterocycles. The molecule has 2 aliphatic rings. The first-order chi connectivity index (χ1) is 13.8. The smallest absolute Gasteiger partial charge is 0.228 e. The van der Waals surface area contributed by atoms with Crippen LogP contribution in [0.15, 0.2) is 17.2 Å². The summed E-state index contributed by atoms with van der Waals surface area (Å²) in [5.41, 5.74) is 0.974. The van der Waals surface area contributed by atoms with E-state index >= 15 is 0 Å². The number of nitrogens with zero attached hydrogens (tertiary/aromatic N) is 3. The molecule has 0 bridgehead atoms. The number of hydrogen-bond donors (Lipinski definition) is 0. The highest BCUT2D eigenvalue weighted by Crippen LogP contribution is 2.41. The van der Waals surface area contributed by atoms with Gasteiger partial charge in [-0.2, -0.15) is 0 Å². The van der Waals surface area contributed by atoms with Crippen molar-refractivity contribution in [3.8, 4) is 5.88 Å². The van der Waals surface area contributed by atoms with E-state index in [0.29, 0.717) is 25.6 Å². The highest BCUT2D eigenvalue weighted by atomic mass is 32.2. The van der Waals surface area contributed by atoms with Crippen LogP contribution in [0.4, 0.5) is 0 Å². The molecule has 1 atom stereocenters. The second kappa shape index (κ2) is 9.64. The lowest BCUT2D eigenvalue weighted by Gasteiger charge is -2.42. The Bertz CT molecular complexity index is 684. The van der Waals surface area contributed by atoms with Crippen molar-refractivity contribution in [1.82, 2.24) is 14.2 Å². The van der Waals surface area contributed by atoms with Gasteiger partial charge in [0.1, 0.15) is 0 Å². The van der Waals surface area contributed by atoms with Gasteiger partial charge < -0.3 is 19.1 Å². The van der Waals surface area contributed by atoms with Gasteiger partial charge in [-0.05, 0) is 49.8 Å². The molecular weight excluding hydrogens is 383 g/mol. The first-order valence-corrected chi connectivity index (χ1v) is 10.7. The van der Waals surface area contributed by atoms with Crippen LogP contribution in [-0.4, -0.2) is 102 Å². The Labute approximate surface area is 182 Å². The molecule has 1 unspecified atom stereocenters. The molecule has 1 aromatic rings. The predicted molar refractivity (Wildman–Crippen MR) is 118 cm³/mol. The number of piperidine rings is 1. The summed E-state index contributed by atoms with van der Waals surface area (Å²) in [5.74, 6) is 0.664. The molecule has 1 spiro atoms. The van der Waals surface area contributed by atoms with E-state index in [-0.39, 0.29) is 11.6 Å². The topological polar surface area (TPSA) is 47.1 Å². The summed E-state index contributed by atoms with van der Waals surface area (Å²) in [6.07, 6.45) is 4.59. The van der Waals surface area contributed by atoms with Crippen LogP contribution < -0.4 is 4.74 Å². The minimum Gasteiger partial charge on any atom is -0.480 e. The van der Waals surface area contributed by atoms with Crippen molar-refractivity contribution in [3.05, 3.63) is 17.8 Å². The van der Waals surface area contributed by atoms with Crippen molar-refractivity contribution < 1.29 is 14.2 Å². The molecule has 3 heterocycles. The summed E-state index contributed by atoms with van der Waals surface area (Å²) >= 11 is 1.70. The molecule has 2 aliphatic heterocycles. The van der Waals surface area contributed by atoms with Gasteiger partial charge in [-0.15, -0.1) is 0 Å². The monoisotopic (exact) mass is 411 g/mol. The van der Waals surface area contributed by atoms with Crippen LogP contribution in [-0.2, 0) is 9.47 Å². The van der Waals surface area contributed by atoms with Crippen LogP contribution in [0.1, 0.15) is 24.8 Å². The van der Waals surface area contributed by atoms with Gasteiger partial charge in [-0.3, -0.25) is 0 Å². The number of aromatic nitrogens is 1. The molecule has 2 saturated heterocycles. The molecule has 0 amide bonds. The first-order valence-electron chi connectivity index (χ1n) is 9.96. The van der Waals surface area contributed by atoms with E-state index in [1.54, 1.807) is 26.2 Å². The Morgan fingerprint density at radius 1 is 1.34 bits per heavy atom. The Kier molecular flexibility index (Phi) is 7.65. The van der Waals surface area contributed by atoms with Crippen LogP contribution >= 0.6 is 11.9 Å². The van der Waals surface area contributed by atoms with Crippen molar-refractivity contribution in [2.24, 2.45) is 0 Å². The first kappa shape index (κ1) is 23.0. The molecule has 10 heteroatoms. The number of hydrogen-bond acceptors (Lipinski definition) is 7. The molecule has 0 aliphatic carbocycles. The zero-order chi connectivity index (χ0) is 21.1. The third-order valence-electron chi connectivity index (χ3n) is 5.67. The predicted octanol–water partition coefficient (Wildman–Crippen LogP) is 1.09. The van der Waals surface area contributed by atoms with Crippen molar-refractivity contribution in [1.29, 1.82) is 0 Å². The van der Waals surface area contributed by atoms with Crippen molar-refractivity contribution in [2.45, 2.75) is 48.0 Å². The fraction of sp³-hybridized carbons (Fsp3) is 0.737. The number of rotatable bonds is 8. The third-order valence-corrected chi connectivity index (χ3v) is 6.79. The summed E-state index contributed by atoms with van der Waals surface area (Å²) in [6.45, 7) is 5.56. The average Bonchev–Trinajstić information content (AvgIpc) is 3.06. The quantitative estimate of drug-likeness (QED) is 0.469. The van der Waals surface area contributed by atoms with Gasteiger partial charge in [-0.1, -0.05) is 5.24 Å². The lowest BCUT2D eigenvalue weighted by Crippen LogP contribution is -2.57. The third kappa shape index (κ3) is 5.73. The van der Waals surface area contributed by atoms with E-state index in [2.05, 4.69) is 15.4 Å². The summed E-state index contributed by atoms with van der Waals surface area (Å²) in [6, 6.07) is 2.20. The minimum absolute atomic E-state index is 0.0884. The molecule has 152 valence electrons. The average molecular weight is 411 g/mol. The van der Waals surface area contributed by atoms with Crippen LogP contribution in [0.25, 0.3) is 0 Å². The van der Waals surface area contributed by atoms with Crippen LogP contribution in [0.2, 0.25) is 0 Å². The van der Waals surface area contributed by atoms with Crippen molar-refractivity contribution >= 4 is 35.5 Å². The number of pyridine rings is 1. The molecule has 0 aromatic carbocycles. The fourth-order valence-corrected chi connectivity index (χ4v) is 5.22. The summed E-state index contributed by atoms with van der Waals surface area (Å²) in [7, 11) is 21.3. The Morgan fingerprint density at radius 2 is 2.07 bits per heavy atom. The maximum Gasteiger partial charge on any atom is 0.228 e. The van der Waals surface area contributed by atoms with Gasteiger partial charge in [0.2, 0.25) is 5.88 Å². The second-order valence-corrected chi connectivity index (χ2v) is 9.10. The highest BCUT2D eigenvalue weighted by Gasteiger charge is 2.45. The van der Waals surface area contributed by atoms with Crippen LogP contribution in [0.3, 0.4) is 0 Å². The van der Waals surface area contributed by atoms with E-state index in [0.717, 1.165) is 42.8 Å². The van der Waals surface area contributed by atoms with Gasteiger partial charge in [0.25, 0.3) is 0 Å². The minimum atomic E-state index is -1.39. The SMILES string of the molecule is [B]C([B])([B])N(CCOC)C1COC2(CCN(Sc3cc(C)cnc3OC)CC2)C1. The Balaban J connectivity index is 1.58. The summed E-state index contributed by atoms with van der Waals surface area (Å²) in [5, 5.41) is -1.39. The van der Waals surface area contributed by atoms with Gasteiger partial charge in [0.05, 0.1) is 54.4 Å². The molecule has 29 heavy (non-hydrogen) atoms. The zero-order valence-corrected chi connectivity index (χ0v) is 18.4. The van der Waals surface area contributed by atoms with Crippen LogP contribution in [0, 0.1) is 6.92 Å². The lowest BCUT2D eigenvalue weighted by atomic mass is 9.48. The molecule has 2 fully saturated rings. The highest BCUT2D eigenvalue weighted by molar-refractivity contribution is 7.97. The summed E-state index contributed by atoms with van der Waals surface area (Å²) in [4.78, 5) is 7.30. The molecular formula is C19H28B3N3O3S. The van der Waals surface area contributed by atoms with Crippen LogP contribution in [0.5, 0.6) is 5.88 Å². The Morgan fingerprint density at radius 3 is 2.69 bits per heavy atom. The van der Waals surface area contributed by atoms with E-state index in [1.807, 2.05) is 18.0 Å². The summed E-state index contributed by atoms with van der Waals surface area (Å²) < 4.78 is 19.2. The van der Waals surface area contributed by atoms with Crippen molar-refractivity contribution in [2.75, 3.05) is 47.1 Å². The van der Waals surface area contributed by atoms with Gasteiger partial charge in [-0.25, -0.2) is 9.29 Å². The van der Waals surface area contributed by atoms with E-state index in [4.69, 9.17) is 37.7 Å². The number of methoxy groups -OCH3 is 2. The molecule has 6 radical (unpaired) electrons. The largest absolute Gasteiger partial charge is 0.480 e. The number of ether oxygens (including phenoxy) is 3. The second-order valence-electron chi connectivity index (χ2n) is 7.97. The maximum atomic E-state index is 6.29. The van der Waals surface area contributed by atoms with Crippen molar-refractivity contribution in [3.63, 3.8) is 0 Å².